The Hall–Kier alpha value is 1.85. The number of hydrogen-bond donors (Lipinski definition) is 0. The van der Waals surface area contributed by atoms with Gasteiger partial charge in [-0.15, -0.1) is 0 Å². The van der Waals surface area contributed by atoms with Gasteiger partial charge in [-0.3, -0.25) is 0 Å². The molecule has 8 heteroatoms. The van der Waals surface area contributed by atoms with Gasteiger partial charge in [0.1, 0.15) is 0 Å². The summed E-state index contributed by atoms with van der Waals surface area (Å²) in [7, 11) is 0. The summed E-state index contributed by atoms with van der Waals surface area (Å²) >= 11 is 6.00. The monoisotopic (exact) mass is 488 g/mol. The van der Waals surface area contributed by atoms with Crippen molar-refractivity contribution in [3.63, 3.8) is 0 Å². The first-order valence-corrected chi connectivity index (χ1v) is 3.06. The Labute approximate surface area is 89.3 Å². The summed E-state index contributed by atoms with van der Waals surface area (Å²) in [5.41, 5.74) is 0. The van der Waals surface area contributed by atoms with E-state index in [9.17, 15) is 0 Å². The Morgan fingerprint density at radius 3 is 0.375 bits per heavy atom. The van der Waals surface area contributed by atoms with E-state index in [2.05, 4.69) is 0 Å². The molecule has 0 aliphatic carbocycles. The molecule has 0 rings (SSSR count). The van der Waals surface area contributed by atoms with Crippen LogP contribution in [-0.2, 0) is 90.5 Å². The van der Waals surface area contributed by atoms with Crippen LogP contribution in [0.15, 0.2) is 0 Å². The summed E-state index contributed by atoms with van der Waals surface area (Å²) in [6.07, 6.45) is 0. The molecule has 0 amide bonds. The second-order valence-electron chi connectivity index (χ2n) is 0. The average Bonchev–Trinajstić information content (AvgIpc) is 2.03. The third-order valence-electron chi connectivity index (χ3n) is 0. The fraction of sp³-hybridized carbons (Fsp3) is 0. The Kier molecular flexibility index (Phi) is 449. The van der Waals surface area contributed by atoms with Crippen LogP contribution in [0, 0.1) is 0 Å². The zero-order valence-electron chi connectivity index (χ0n) is 2.90. The van der Waals surface area contributed by atoms with Crippen molar-refractivity contribution >= 4 is 0 Å². The van der Waals surface area contributed by atoms with Crippen LogP contribution in [0.4, 0.5) is 0 Å². The van der Waals surface area contributed by atoms with Crippen LogP contribution >= 0.6 is 0 Å². The summed E-state index contributed by atoms with van der Waals surface area (Å²) in [6, 6.07) is 0. The van der Waals surface area contributed by atoms with Crippen molar-refractivity contribution in [1.82, 2.24) is 0 Å². The molecule has 0 fully saturated rings. The van der Waals surface area contributed by atoms with Crippen LogP contribution in [0.5, 0.6) is 0 Å². The number of hydrogen-bond acceptors (Lipinski definition) is 4. The normalized spacial score (nSPS) is 3.00. The molecule has 0 aromatic rings. The predicted octanol–water partition coefficient (Wildman–Crippen LogP) is -0.485. The fourth-order valence-corrected chi connectivity index (χ4v) is 0. The average molecular weight is 490 g/mol. The van der Waals surface area contributed by atoms with Gasteiger partial charge in [-0.2, -0.15) is 0 Å². The van der Waals surface area contributed by atoms with E-state index in [1.807, 2.05) is 0 Å². The molecule has 0 aromatic carbocycles. The minimum absolute atomic E-state index is 1.50. The van der Waals surface area contributed by atoms with Crippen LogP contribution in [0.25, 0.3) is 0 Å². The van der Waals surface area contributed by atoms with Gasteiger partial charge in [0.05, 0.1) is 0 Å². The Balaban J connectivity index is -0.0000000133. The van der Waals surface area contributed by atoms with E-state index in [-0.39, 0.29) is 0 Å². The van der Waals surface area contributed by atoms with Crippen LogP contribution < -0.4 is 0 Å². The van der Waals surface area contributed by atoms with E-state index in [1.165, 1.54) is 76.6 Å². The summed E-state index contributed by atoms with van der Waals surface area (Å²) in [4.78, 5) is 0. The second kappa shape index (κ2) is 159. The third-order valence-corrected chi connectivity index (χ3v) is 0. The van der Waals surface area contributed by atoms with E-state index in [1.54, 1.807) is 0 Å². The molecular formula is O4Pd4. The van der Waals surface area contributed by atoms with Crippen molar-refractivity contribution in [2.45, 2.75) is 0 Å². The SMILES string of the molecule is [O]=[Pd].[O]=[Pd].[O]=[Pd].[O]=[Pd]. The molecule has 0 saturated carbocycles. The molecule has 0 saturated heterocycles. The van der Waals surface area contributed by atoms with E-state index < -0.39 is 0 Å². The molecule has 4 nitrogen and oxygen atoms in total. The van der Waals surface area contributed by atoms with Gasteiger partial charge in [-0.25, -0.2) is 0 Å². The minimum atomic E-state index is 1.50. The zero-order chi connectivity index (χ0) is 8.00. The van der Waals surface area contributed by atoms with E-state index in [4.69, 9.17) is 13.9 Å². The van der Waals surface area contributed by atoms with Crippen LogP contribution in [0.1, 0.15) is 0 Å². The molecule has 0 aromatic heterocycles. The van der Waals surface area contributed by atoms with Gasteiger partial charge >= 0.3 is 90.5 Å². The summed E-state index contributed by atoms with van der Waals surface area (Å²) < 4.78 is 32.4. The molecule has 0 spiro atoms. The van der Waals surface area contributed by atoms with Gasteiger partial charge in [0.15, 0.2) is 0 Å². The van der Waals surface area contributed by atoms with Gasteiger partial charge in [-0.1, -0.05) is 0 Å². The summed E-state index contributed by atoms with van der Waals surface area (Å²) in [5, 5.41) is 0. The molecule has 0 aliphatic rings. The van der Waals surface area contributed by atoms with E-state index >= 15 is 0 Å². The Bertz CT molecular complexity index is 16.0. The van der Waals surface area contributed by atoms with Gasteiger partial charge in [0.2, 0.25) is 0 Å². The molecule has 0 N–H and O–H groups in total. The Morgan fingerprint density at radius 2 is 0.375 bits per heavy atom. The van der Waals surface area contributed by atoms with Crippen molar-refractivity contribution in [2.24, 2.45) is 0 Å². The molecule has 8 heavy (non-hydrogen) atoms. The summed E-state index contributed by atoms with van der Waals surface area (Å²) in [5.74, 6) is 0. The quantitative estimate of drug-likeness (QED) is 0.431. The van der Waals surface area contributed by atoms with Gasteiger partial charge < -0.3 is 0 Å². The van der Waals surface area contributed by atoms with Crippen LogP contribution in [0.2, 0.25) is 0 Å². The third kappa shape index (κ3) is 108. The molecule has 64 valence electrons. The molecular weight excluding hydrogens is 490 g/mol. The zero-order valence-corrected chi connectivity index (χ0v) is 9.12. The van der Waals surface area contributed by atoms with Crippen LogP contribution in [-0.4, -0.2) is 0 Å². The van der Waals surface area contributed by atoms with Gasteiger partial charge in [0, 0.05) is 0 Å². The maximum atomic E-state index is 8.10. The van der Waals surface area contributed by atoms with Crippen LogP contribution in [0.3, 0.4) is 0 Å². The first kappa shape index (κ1) is 22.5. The molecule has 0 unspecified atom stereocenters. The molecule has 0 aliphatic heterocycles. The first-order valence-electron chi connectivity index (χ1n) is 0.516. The molecule has 0 atom stereocenters. The maximum absolute atomic E-state index is 8.10. The number of rotatable bonds is 0. The molecule has 0 radical (unpaired) electrons. The van der Waals surface area contributed by atoms with Crippen molar-refractivity contribution in [1.29, 1.82) is 0 Å². The van der Waals surface area contributed by atoms with E-state index in [0.29, 0.717) is 0 Å². The molecule has 0 heterocycles. The first-order chi connectivity index (χ1) is 4.00. The van der Waals surface area contributed by atoms with Gasteiger partial charge in [0.25, 0.3) is 0 Å². The molecule has 0 bridgehead atoms. The fourth-order valence-electron chi connectivity index (χ4n) is 0. The van der Waals surface area contributed by atoms with Crippen molar-refractivity contribution in [3.05, 3.63) is 0 Å². The van der Waals surface area contributed by atoms with Crippen molar-refractivity contribution < 1.29 is 90.5 Å². The van der Waals surface area contributed by atoms with Crippen molar-refractivity contribution in [3.8, 4) is 0 Å². The predicted molar refractivity (Wildman–Crippen MR) is 2.75 cm³/mol. The second-order valence-corrected chi connectivity index (χ2v) is 0. The van der Waals surface area contributed by atoms with Crippen molar-refractivity contribution in [2.75, 3.05) is 0 Å². The Morgan fingerprint density at radius 1 is 0.375 bits per heavy atom. The summed E-state index contributed by atoms with van der Waals surface area (Å²) in [6.45, 7) is 0. The topological polar surface area (TPSA) is 68.3 Å². The van der Waals surface area contributed by atoms with Gasteiger partial charge in [-0.05, 0) is 0 Å². The standard InChI is InChI=1S/4O.4Pd. The van der Waals surface area contributed by atoms with E-state index in [0.717, 1.165) is 0 Å².